The number of hydrogen-bond donors (Lipinski definition) is 0. The van der Waals surface area contributed by atoms with Crippen LogP contribution >= 0.6 is 0 Å². The molecule has 7 atom stereocenters. The van der Waals surface area contributed by atoms with Crippen LogP contribution in [0.1, 0.15) is 41.0 Å². The number of ketones is 1. The Hall–Kier alpha value is -1.91. The molecular formula is C20H26O5. The van der Waals surface area contributed by atoms with E-state index in [2.05, 4.69) is 6.92 Å². The highest BCUT2D eigenvalue weighted by Gasteiger charge is 2.62. The monoisotopic (exact) mass is 346 g/mol. The fraction of sp³-hybridized carbons (Fsp3) is 0.650. The average molecular weight is 346 g/mol. The Morgan fingerprint density at radius 1 is 1.36 bits per heavy atom. The van der Waals surface area contributed by atoms with Gasteiger partial charge in [-0.3, -0.25) is 9.59 Å². The van der Waals surface area contributed by atoms with Gasteiger partial charge in [0.2, 0.25) is 0 Å². The van der Waals surface area contributed by atoms with Crippen molar-refractivity contribution in [3.63, 3.8) is 0 Å². The third kappa shape index (κ3) is 2.55. The highest BCUT2D eigenvalue weighted by Crippen LogP contribution is 2.54. The molecule has 25 heavy (non-hydrogen) atoms. The quantitative estimate of drug-likeness (QED) is 0.568. The molecule has 1 saturated heterocycles. The summed E-state index contributed by atoms with van der Waals surface area (Å²) >= 11 is 0. The molecule has 1 saturated carbocycles. The first-order chi connectivity index (χ1) is 11.7. The predicted octanol–water partition coefficient (Wildman–Crippen LogP) is 2.84. The maximum absolute atomic E-state index is 12.8. The smallest absolute Gasteiger partial charge is 0.333 e. The van der Waals surface area contributed by atoms with Gasteiger partial charge in [0.1, 0.15) is 12.2 Å². The summed E-state index contributed by atoms with van der Waals surface area (Å²) in [7, 11) is 0. The van der Waals surface area contributed by atoms with E-state index in [-0.39, 0.29) is 35.6 Å². The minimum Gasteiger partial charge on any atom is -0.462 e. The van der Waals surface area contributed by atoms with E-state index >= 15 is 0 Å². The van der Waals surface area contributed by atoms with Crippen molar-refractivity contribution in [1.82, 2.24) is 0 Å². The number of fused-ring (bicyclic) bond motifs is 2. The van der Waals surface area contributed by atoms with E-state index in [0.29, 0.717) is 12.0 Å². The topological polar surface area (TPSA) is 69.7 Å². The van der Waals surface area contributed by atoms with Gasteiger partial charge in [0.05, 0.1) is 11.3 Å². The molecule has 0 aromatic carbocycles. The summed E-state index contributed by atoms with van der Waals surface area (Å²) < 4.78 is 11.5. The zero-order chi connectivity index (χ0) is 18.5. The second-order valence-electron chi connectivity index (χ2n) is 7.88. The van der Waals surface area contributed by atoms with Crippen molar-refractivity contribution in [1.29, 1.82) is 0 Å². The number of rotatable bonds is 2. The predicted molar refractivity (Wildman–Crippen MR) is 91.4 cm³/mol. The molecule has 0 aromatic heterocycles. The van der Waals surface area contributed by atoms with Gasteiger partial charge >= 0.3 is 11.9 Å². The van der Waals surface area contributed by atoms with Crippen molar-refractivity contribution in [2.24, 2.45) is 29.1 Å². The molecule has 3 aliphatic rings. The number of carbonyl (C=O) groups is 3. The summed E-state index contributed by atoms with van der Waals surface area (Å²) in [6.07, 6.45) is 4.91. The largest absolute Gasteiger partial charge is 0.462 e. The zero-order valence-corrected chi connectivity index (χ0v) is 15.4. The van der Waals surface area contributed by atoms with Gasteiger partial charge in [-0.1, -0.05) is 26.0 Å². The molecule has 2 fully saturated rings. The van der Waals surface area contributed by atoms with Crippen LogP contribution < -0.4 is 0 Å². The van der Waals surface area contributed by atoms with Gasteiger partial charge in [0, 0.05) is 11.5 Å². The lowest BCUT2D eigenvalue weighted by atomic mass is 9.66. The highest BCUT2D eigenvalue weighted by atomic mass is 16.6. The molecule has 5 nitrogen and oxygen atoms in total. The minimum atomic E-state index is -0.856. The van der Waals surface area contributed by atoms with Crippen LogP contribution in [0.15, 0.2) is 23.8 Å². The minimum absolute atomic E-state index is 0.0276. The molecule has 5 heteroatoms. The van der Waals surface area contributed by atoms with Crippen molar-refractivity contribution >= 4 is 17.7 Å². The number of allylic oxidation sites excluding steroid dienone is 3. The summed E-state index contributed by atoms with van der Waals surface area (Å²) in [6, 6.07) is 0. The molecule has 0 amide bonds. The average Bonchev–Trinajstić information content (AvgIpc) is 2.99. The van der Waals surface area contributed by atoms with E-state index in [0.717, 1.165) is 0 Å². The van der Waals surface area contributed by atoms with Crippen LogP contribution in [0.2, 0.25) is 0 Å². The van der Waals surface area contributed by atoms with E-state index in [1.807, 2.05) is 13.0 Å². The lowest BCUT2D eigenvalue weighted by Gasteiger charge is -2.40. The summed E-state index contributed by atoms with van der Waals surface area (Å²) in [5.74, 6) is -1.32. The third-order valence-electron chi connectivity index (χ3n) is 6.47. The molecule has 0 bridgehead atoms. The van der Waals surface area contributed by atoms with Gasteiger partial charge < -0.3 is 9.47 Å². The molecule has 1 aliphatic heterocycles. The summed E-state index contributed by atoms with van der Waals surface area (Å²) in [5.41, 5.74) is -0.365. The van der Waals surface area contributed by atoms with Crippen LogP contribution in [0.4, 0.5) is 0 Å². The van der Waals surface area contributed by atoms with Crippen LogP contribution in [-0.4, -0.2) is 29.9 Å². The fourth-order valence-corrected chi connectivity index (χ4v) is 4.76. The molecule has 0 radical (unpaired) electrons. The van der Waals surface area contributed by atoms with Crippen LogP contribution in [0.25, 0.3) is 0 Å². The normalized spacial score (nSPS) is 43.3. The van der Waals surface area contributed by atoms with Crippen LogP contribution in [0.5, 0.6) is 0 Å². The molecule has 2 aliphatic carbocycles. The van der Waals surface area contributed by atoms with Crippen LogP contribution in [-0.2, 0) is 23.9 Å². The van der Waals surface area contributed by atoms with Gasteiger partial charge in [-0.05, 0) is 45.1 Å². The van der Waals surface area contributed by atoms with Crippen molar-refractivity contribution in [3.05, 3.63) is 23.8 Å². The van der Waals surface area contributed by atoms with Crippen molar-refractivity contribution in [2.45, 2.75) is 53.2 Å². The first-order valence-electron chi connectivity index (χ1n) is 8.98. The number of hydrogen-bond acceptors (Lipinski definition) is 5. The Labute approximate surface area is 148 Å². The summed E-state index contributed by atoms with van der Waals surface area (Å²) in [5, 5.41) is 0. The van der Waals surface area contributed by atoms with Crippen LogP contribution in [0, 0.1) is 29.1 Å². The van der Waals surface area contributed by atoms with E-state index < -0.39 is 23.4 Å². The Morgan fingerprint density at radius 2 is 2.04 bits per heavy atom. The Bertz CT molecular complexity index is 676. The number of esters is 2. The van der Waals surface area contributed by atoms with Crippen molar-refractivity contribution < 1.29 is 23.9 Å². The zero-order valence-electron chi connectivity index (χ0n) is 15.4. The molecule has 0 spiro atoms. The summed E-state index contributed by atoms with van der Waals surface area (Å²) in [4.78, 5) is 37.5. The SMILES string of the molecule is C/C=C(\C)C(=O)O[C@H]1[C@H]2[C@H](C)C(=O)O[C@@H]2C[C@@H](C)[C@@H]2C=CC(=O)[C@]21C. The maximum atomic E-state index is 12.8. The van der Waals surface area contributed by atoms with E-state index in [9.17, 15) is 14.4 Å². The molecule has 136 valence electrons. The second kappa shape index (κ2) is 6.11. The molecular weight excluding hydrogens is 320 g/mol. The molecule has 0 aromatic rings. The van der Waals surface area contributed by atoms with E-state index in [1.54, 1.807) is 32.9 Å². The van der Waals surface area contributed by atoms with Gasteiger partial charge in [0.15, 0.2) is 5.78 Å². The van der Waals surface area contributed by atoms with Crippen molar-refractivity contribution in [3.8, 4) is 0 Å². The molecule has 1 heterocycles. The number of ether oxygens (including phenoxy) is 2. The Morgan fingerprint density at radius 3 is 2.68 bits per heavy atom. The van der Waals surface area contributed by atoms with Gasteiger partial charge in [-0.2, -0.15) is 0 Å². The highest BCUT2D eigenvalue weighted by molar-refractivity contribution is 5.99. The van der Waals surface area contributed by atoms with Gasteiger partial charge in [-0.25, -0.2) is 4.79 Å². The van der Waals surface area contributed by atoms with Crippen molar-refractivity contribution in [2.75, 3.05) is 0 Å². The Balaban J connectivity index is 2.07. The fourth-order valence-electron chi connectivity index (χ4n) is 4.76. The first kappa shape index (κ1) is 17.9. The van der Waals surface area contributed by atoms with Crippen LogP contribution in [0.3, 0.4) is 0 Å². The first-order valence-corrected chi connectivity index (χ1v) is 8.98. The lowest BCUT2D eigenvalue weighted by Crippen LogP contribution is -2.50. The molecule has 0 unspecified atom stereocenters. The van der Waals surface area contributed by atoms with Gasteiger partial charge in [0.25, 0.3) is 0 Å². The molecule has 3 rings (SSSR count). The van der Waals surface area contributed by atoms with E-state index in [4.69, 9.17) is 9.47 Å². The standard InChI is InChI=1S/C20H26O5/c1-6-10(2)18(22)25-17-16-12(4)19(23)24-14(16)9-11(3)13-7-8-15(21)20(13,17)5/h6-8,11-14,16-17H,9H2,1-5H3/b10-6+/t11-,12+,13+,14-,16+,17+,20+/m1/s1. The Kier molecular flexibility index (Phi) is 4.38. The lowest BCUT2D eigenvalue weighted by molar-refractivity contribution is -0.163. The third-order valence-corrected chi connectivity index (χ3v) is 6.47. The number of carbonyl (C=O) groups excluding carboxylic acids is 3. The van der Waals surface area contributed by atoms with Gasteiger partial charge in [-0.15, -0.1) is 0 Å². The summed E-state index contributed by atoms with van der Waals surface area (Å²) in [6.45, 7) is 9.20. The van der Waals surface area contributed by atoms with E-state index in [1.165, 1.54) is 0 Å². The maximum Gasteiger partial charge on any atom is 0.333 e. The second-order valence-corrected chi connectivity index (χ2v) is 7.88. The molecule has 0 N–H and O–H groups in total.